The van der Waals surface area contributed by atoms with Crippen LogP contribution in [0.1, 0.15) is 43.7 Å². The monoisotopic (exact) mass is 618 g/mol. The number of hydroxylamine groups is 2. The molecular formula is C37H39N4O3P. The first-order chi connectivity index (χ1) is 22.0. The summed E-state index contributed by atoms with van der Waals surface area (Å²) in [6, 6.07) is 38.6. The molecule has 230 valence electrons. The summed E-state index contributed by atoms with van der Waals surface area (Å²) < 4.78 is 20.9. The van der Waals surface area contributed by atoms with Gasteiger partial charge in [-0.15, -0.1) is 0 Å². The van der Waals surface area contributed by atoms with Crippen molar-refractivity contribution >= 4 is 46.4 Å². The molecule has 0 unspecified atom stereocenters. The molecule has 7 nitrogen and oxygen atoms in total. The molecular weight excluding hydrogens is 579 g/mol. The second-order valence-electron chi connectivity index (χ2n) is 12.0. The van der Waals surface area contributed by atoms with Crippen LogP contribution in [-0.4, -0.2) is 37.2 Å². The minimum Gasteiger partial charge on any atom is -0.289 e. The fraction of sp³-hybridized carbons (Fsp3) is 0.270. The Labute approximate surface area is 264 Å². The van der Waals surface area contributed by atoms with E-state index in [0.29, 0.717) is 0 Å². The average molecular weight is 619 g/mol. The number of hydrogen-bond acceptors (Lipinski definition) is 3. The van der Waals surface area contributed by atoms with Crippen molar-refractivity contribution in [2.24, 2.45) is 0 Å². The molecule has 3 atom stereocenters. The third-order valence-electron chi connectivity index (χ3n) is 9.46. The zero-order chi connectivity index (χ0) is 31.0. The number of nitrogens with one attached hydrogen (secondary N) is 1. The second-order valence-corrected chi connectivity index (χ2v) is 14.2. The number of amides is 1. The van der Waals surface area contributed by atoms with E-state index in [1.165, 1.54) is 12.2 Å². The van der Waals surface area contributed by atoms with Crippen LogP contribution in [0.25, 0.3) is 21.5 Å². The first kappa shape index (κ1) is 29.5. The molecule has 0 bridgehead atoms. The molecule has 45 heavy (non-hydrogen) atoms. The summed E-state index contributed by atoms with van der Waals surface area (Å²) >= 11 is 0. The number of carbonyl (C=O) groups excluding carboxylic acids is 1. The Morgan fingerprint density at radius 1 is 0.778 bits per heavy atom. The van der Waals surface area contributed by atoms with E-state index in [1.807, 2.05) is 54.6 Å². The lowest BCUT2D eigenvalue weighted by Crippen LogP contribution is -2.40. The lowest BCUT2D eigenvalue weighted by Gasteiger charge is -2.38. The number of carbonyl (C=O) groups is 1. The van der Waals surface area contributed by atoms with E-state index in [9.17, 15) is 4.79 Å². The van der Waals surface area contributed by atoms with Crippen LogP contribution in [0, 0.1) is 0 Å². The Morgan fingerprint density at radius 2 is 1.27 bits per heavy atom. The third kappa shape index (κ3) is 5.29. The summed E-state index contributed by atoms with van der Waals surface area (Å²) in [7, 11) is -0.564. The highest BCUT2D eigenvalue weighted by Crippen LogP contribution is 2.66. The second kappa shape index (κ2) is 12.3. The first-order valence-electron chi connectivity index (χ1n) is 15.8. The van der Waals surface area contributed by atoms with Gasteiger partial charge >= 0.3 is 7.59 Å². The fourth-order valence-electron chi connectivity index (χ4n) is 7.29. The van der Waals surface area contributed by atoms with E-state index in [-0.39, 0.29) is 24.4 Å². The zero-order valence-electron chi connectivity index (χ0n) is 25.8. The molecule has 1 aliphatic heterocycles. The number of nitrogens with zero attached hydrogens (tertiary/aromatic N) is 3. The molecule has 1 saturated heterocycles. The third-order valence-corrected chi connectivity index (χ3v) is 12.3. The number of hydrogen-bond donors (Lipinski definition) is 1. The quantitative estimate of drug-likeness (QED) is 0.139. The minimum absolute atomic E-state index is 0.0237. The predicted molar refractivity (Wildman–Crippen MR) is 183 cm³/mol. The molecule has 5 aromatic carbocycles. The van der Waals surface area contributed by atoms with Crippen molar-refractivity contribution in [3.05, 3.63) is 121 Å². The van der Waals surface area contributed by atoms with Crippen molar-refractivity contribution < 1.29 is 14.2 Å². The van der Waals surface area contributed by atoms with Crippen molar-refractivity contribution in [2.45, 2.75) is 50.2 Å². The summed E-state index contributed by atoms with van der Waals surface area (Å²) in [5.74, 6) is -0.199. The van der Waals surface area contributed by atoms with Crippen LogP contribution >= 0.6 is 7.59 Å². The van der Waals surface area contributed by atoms with Gasteiger partial charge in [-0.05, 0) is 41.3 Å². The number of anilines is 2. The molecule has 1 heterocycles. The van der Waals surface area contributed by atoms with Crippen LogP contribution in [0.3, 0.4) is 0 Å². The molecule has 5 aromatic rings. The maximum Gasteiger partial charge on any atom is 0.334 e. The van der Waals surface area contributed by atoms with Crippen molar-refractivity contribution in [1.82, 2.24) is 10.2 Å². The normalized spacial score (nSPS) is 19.9. The van der Waals surface area contributed by atoms with Gasteiger partial charge in [0.15, 0.2) is 0 Å². The van der Waals surface area contributed by atoms with E-state index >= 15 is 4.57 Å². The Hall–Kier alpha value is -4.16. The van der Waals surface area contributed by atoms with Crippen LogP contribution in [0.2, 0.25) is 0 Å². The summed E-state index contributed by atoms with van der Waals surface area (Å²) in [4.78, 5) is 18.6. The SMILES string of the molecule is CON(C)C(=O)C[C@@H](NP1(=O)N(c2cccc3ccccc23)[C@H]2CCCC[C@@H]2N1c1cccc2ccccc12)c1ccccc1. The van der Waals surface area contributed by atoms with Crippen LogP contribution in [0.15, 0.2) is 115 Å². The van der Waals surface area contributed by atoms with E-state index in [0.717, 1.165) is 64.2 Å². The summed E-state index contributed by atoms with van der Waals surface area (Å²) in [6.07, 6.45) is 4.10. The molecule has 0 radical (unpaired) electrons. The van der Waals surface area contributed by atoms with E-state index in [2.05, 4.69) is 75.1 Å². The van der Waals surface area contributed by atoms with Crippen LogP contribution in [0.4, 0.5) is 11.4 Å². The van der Waals surface area contributed by atoms with Gasteiger partial charge in [0, 0.05) is 24.2 Å². The molecule has 2 fully saturated rings. The largest absolute Gasteiger partial charge is 0.334 e. The van der Waals surface area contributed by atoms with Crippen LogP contribution in [-0.2, 0) is 14.2 Å². The standard InChI is InChI=1S/C37H39N4O3P/c1-39(44-2)37(42)26-32(29-16-4-3-5-17-29)38-45(43)40(33-24-12-18-27-14-6-8-20-30(27)33)35-22-10-11-23-36(35)41(45)34-25-13-19-28-15-7-9-21-31(28)34/h3-9,12-21,24-25,32,35-36H,10-11,22-23,26H2,1-2H3,(H,38,43)/t32-,35+,36+/m1/s1. The highest BCUT2D eigenvalue weighted by atomic mass is 31.2. The maximum atomic E-state index is 16.5. The van der Waals surface area contributed by atoms with E-state index < -0.39 is 13.6 Å². The molecule has 8 heteroatoms. The predicted octanol–water partition coefficient (Wildman–Crippen LogP) is 8.48. The zero-order valence-corrected chi connectivity index (χ0v) is 26.6. The van der Waals surface area contributed by atoms with Crippen LogP contribution < -0.4 is 14.4 Å². The van der Waals surface area contributed by atoms with Crippen LogP contribution in [0.5, 0.6) is 0 Å². The molecule has 1 amide bonds. The number of rotatable bonds is 8. The van der Waals surface area contributed by atoms with Gasteiger partial charge in [0.2, 0.25) is 5.91 Å². The molecule has 2 aliphatic rings. The smallest absolute Gasteiger partial charge is 0.289 e. The van der Waals surface area contributed by atoms with E-state index in [4.69, 9.17) is 4.84 Å². The van der Waals surface area contributed by atoms with Gasteiger partial charge in [-0.25, -0.2) is 10.2 Å². The van der Waals surface area contributed by atoms with E-state index in [1.54, 1.807) is 7.05 Å². The molecule has 1 N–H and O–H groups in total. The topological polar surface area (TPSA) is 65.1 Å². The van der Waals surface area contributed by atoms with Crippen molar-refractivity contribution in [3.8, 4) is 0 Å². The van der Waals surface area contributed by atoms with Gasteiger partial charge in [0.25, 0.3) is 0 Å². The van der Waals surface area contributed by atoms with Gasteiger partial charge in [-0.2, -0.15) is 0 Å². The summed E-state index contributed by atoms with van der Waals surface area (Å²) in [5, 5.41) is 9.29. The molecule has 0 aromatic heterocycles. The summed E-state index contributed by atoms with van der Waals surface area (Å²) in [6.45, 7) is 0. The number of benzene rings is 5. The lowest BCUT2D eigenvalue weighted by molar-refractivity contribution is -0.169. The van der Waals surface area contributed by atoms with Crippen molar-refractivity contribution in [1.29, 1.82) is 0 Å². The van der Waals surface area contributed by atoms with Gasteiger partial charge < -0.3 is 0 Å². The highest BCUT2D eigenvalue weighted by molar-refractivity contribution is 7.65. The molecule has 1 saturated carbocycles. The first-order valence-corrected chi connectivity index (χ1v) is 17.4. The molecule has 1 aliphatic carbocycles. The van der Waals surface area contributed by atoms with Gasteiger partial charge in [-0.1, -0.05) is 116 Å². The maximum absolute atomic E-state index is 16.5. The number of fused-ring (bicyclic) bond motifs is 3. The minimum atomic E-state index is -3.66. The Bertz CT molecular complexity index is 1770. The Balaban J connectivity index is 1.46. The Morgan fingerprint density at radius 3 is 1.80 bits per heavy atom. The average Bonchev–Trinajstić information content (AvgIpc) is 3.34. The Kier molecular flexibility index (Phi) is 8.09. The van der Waals surface area contributed by atoms with Gasteiger partial charge in [0.1, 0.15) is 0 Å². The van der Waals surface area contributed by atoms with Crippen molar-refractivity contribution in [3.63, 3.8) is 0 Å². The lowest BCUT2D eigenvalue weighted by atomic mass is 9.89. The summed E-state index contributed by atoms with van der Waals surface area (Å²) in [5.41, 5.74) is 2.81. The highest BCUT2D eigenvalue weighted by Gasteiger charge is 2.57. The van der Waals surface area contributed by atoms with Gasteiger partial charge in [0.05, 0.1) is 36.6 Å². The van der Waals surface area contributed by atoms with Crippen molar-refractivity contribution in [2.75, 3.05) is 23.5 Å². The fourth-order valence-corrected chi connectivity index (χ4v) is 10.7. The molecule has 0 spiro atoms. The molecule has 7 rings (SSSR count). The van der Waals surface area contributed by atoms with Gasteiger partial charge in [-0.3, -0.25) is 23.5 Å².